The van der Waals surface area contributed by atoms with Gasteiger partial charge in [0.2, 0.25) is 0 Å². The number of aromatic nitrogens is 2. The minimum atomic E-state index is -0.530. The third-order valence-electron chi connectivity index (χ3n) is 5.36. The lowest BCUT2D eigenvalue weighted by atomic mass is 9.96. The van der Waals surface area contributed by atoms with Crippen LogP contribution in [0.15, 0.2) is 24.3 Å². The summed E-state index contributed by atoms with van der Waals surface area (Å²) in [5.74, 6) is -0.169. The highest BCUT2D eigenvalue weighted by Gasteiger charge is 2.29. The highest BCUT2D eigenvalue weighted by molar-refractivity contribution is 6.33. The van der Waals surface area contributed by atoms with E-state index in [0.29, 0.717) is 37.4 Å². The number of carbonyl (C=O) groups excluding carboxylic acids is 2. The van der Waals surface area contributed by atoms with Crippen molar-refractivity contribution in [3.63, 3.8) is 0 Å². The summed E-state index contributed by atoms with van der Waals surface area (Å²) in [6.07, 6.45) is 1.14. The normalized spacial score (nSPS) is 15.0. The summed E-state index contributed by atoms with van der Waals surface area (Å²) >= 11 is 6.51. The first-order valence-electron chi connectivity index (χ1n) is 10.8. The van der Waals surface area contributed by atoms with Gasteiger partial charge in [-0.05, 0) is 64.2 Å². The molecule has 1 N–H and O–H groups in total. The van der Waals surface area contributed by atoms with Gasteiger partial charge in [0.25, 0.3) is 5.91 Å². The fourth-order valence-electron chi connectivity index (χ4n) is 3.70. The van der Waals surface area contributed by atoms with E-state index in [4.69, 9.17) is 16.3 Å². The molecule has 0 atom stereocenters. The lowest BCUT2D eigenvalue weighted by molar-refractivity contribution is 0.0500. The third kappa shape index (κ3) is 6.22. The number of alkyl carbamates (subject to hydrolysis) is 1. The SMILES string of the molecule is Cc1nn(Cc2ccc(F)cc2)c(Cl)c1C(=O)N1CCC(CNC(=O)OC(C)(C)C)CC1. The Balaban J connectivity index is 1.56. The van der Waals surface area contributed by atoms with Gasteiger partial charge < -0.3 is 15.0 Å². The van der Waals surface area contributed by atoms with E-state index < -0.39 is 11.7 Å². The molecule has 1 aromatic carbocycles. The first-order chi connectivity index (χ1) is 15.0. The molecule has 1 aliphatic heterocycles. The number of aryl methyl sites for hydroxylation is 1. The number of nitrogens with zero attached hydrogens (tertiary/aromatic N) is 3. The molecule has 32 heavy (non-hydrogen) atoms. The molecule has 0 saturated carbocycles. The van der Waals surface area contributed by atoms with E-state index in [0.717, 1.165) is 18.4 Å². The molecular formula is C23H30ClFN4O3. The van der Waals surface area contributed by atoms with Gasteiger partial charge in [-0.2, -0.15) is 5.10 Å². The zero-order chi connectivity index (χ0) is 23.5. The number of nitrogens with one attached hydrogen (secondary N) is 1. The largest absolute Gasteiger partial charge is 0.444 e. The molecule has 0 unspecified atom stereocenters. The summed E-state index contributed by atoms with van der Waals surface area (Å²) < 4.78 is 20.0. The molecule has 0 radical (unpaired) electrons. The van der Waals surface area contributed by atoms with Gasteiger partial charge in [-0.3, -0.25) is 4.79 Å². The number of rotatable bonds is 5. The zero-order valence-electron chi connectivity index (χ0n) is 19.0. The number of carbonyl (C=O) groups is 2. The Bertz CT molecular complexity index is 961. The maximum absolute atomic E-state index is 13.1. The average molecular weight is 465 g/mol. The molecule has 1 aliphatic rings. The van der Waals surface area contributed by atoms with Crippen molar-refractivity contribution < 1.29 is 18.7 Å². The molecule has 2 heterocycles. The van der Waals surface area contributed by atoms with Gasteiger partial charge in [0.1, 0.15) is 16.6 Å². The van der Waals surface area contributed by atoms with Gasteiger partial charge >= 0.3 is 6.09 Å². The van der Waals surface area contributed by atoms with Gasteiger partial charge in [0.15, 0.2) is 0 Å². The lowest BCUT2D eigenvalue weighted by Gasteiger charge is -2.32. The molecule has 0 bridgehead atoms. The van der Waals surface area contributed by atoms with Crippen molar-refractivity contribution >= 4 is 23.6 Å². The Morgan fingerprint density at radius 1 is 1.22 bits per heavy atom. The van der Waals surface area contributed by atoms with Crippen molar-refractivity contribution in [3.8, 4) is 0 Å². The number of ether oxygens (including phenoxy) is 1. The highest BCUT2D eigenvalue weighted by atomic mass is 35.5. The van der Waals surface area contributed by atoms with E-state index in [9.17, 15) is 14.0 Å². The van der Waals surface area contributed by atoms with Crippen LogP contribution in [0.3, 0.4) is 0 Å². The van der Waals surface area contributed by atoms with Gasteiger partial charge in [0.05, 0.1) is 17.8 Å². The molecule has 2 aromatic rings. The summed E-state index contributed by atoms with van der Waals surface area (Å²) in [5.41, 5.74) is 1.28. The summed E-state index contributed by atoms with van der Waals surface area (Å²) in [6.45, 7) is 9.27. The molecule has 0 aliphatic carbocycles. The van der Waals surface area contributed by atoms with Crippen molar-refractivity contribution in [3.05, 3.63) is 52.1 Å². The maximum atomic E-state index is 13.1. The van der Waals surface area contributed by atoms with E-state index in [1.165, 1.54) is 12.1 Å². The second-order valence-corrected chi connectivity index (χ2v) is 9.51. The van der Waals surface area contributed by atoms with Crippen molar-refractivity contribution in [1.29, 1.82) is 0 Å². The van der Waals surface area contributed by atoms with Gasteiger partial charge in [-0.25, -0.2) is 13.9 Å². The molecule has 2 amide bonds. The summed E-state index contributed by atoms with van der Waals surface area (Å²) in [6, 6.07) is 6.10. The summed E-state index contributed by atoms with van der Waals surface area (Å²) in [4.78, 5) is 26.8. The second-order valence-electron chi connectivity index (χ2n) is 9.15. The highest BCUT2D eigenvalue weighted by Crippen LogP contribution is 2.25. The van der Waals surface area contributed by atoms with Crippen molar-refractivity contribution in [2.45, 2.75) is 52.7 Å². The number of amides is 2. The molecular weight excluding hydrogens is 435 g/mol. The Labute approximate surface area is 192 Å². The predicted molar refractivity (Wildman–Crippen MR) is 120 cm³/mol. The van der Waals surface area contributed by atoms with Crippen LogP contribution in [0.1, 0.15) is 55.2 Å². The van der Waals surface area contributed by atoms with E-state index in [2.05, 4.69) is 10.4 Å². The third-order valence-corrected chi connectivity index (χ3v) is 5.74. The predicted octanol–water partition coefficient (Wildman–Crippen LogP) is 4.41. The summed E-state index contributed by atoms with van der Waals surface area (Å²) in [5, 5.41) is 7.51. The smallest absolute Gasteiger partial charge is 0.407 e. The first kappa shape index (κ1) is 24.0. The minimum Gasteiger partial charge on any atom is -0.444 e. The van der Waals surface area contributed by atoms with Crippen LogP contribution in [0.25, 0.3) is 0 Å². The van der Waals surface area contributed by atoms with Crippen LogP contribution in [-0.4, -0.2) is 51.9 Å². The summed E-state index contributed by atoms with van der Waals surface area (Å²) in [7, 11) is 0. The Kier molecular flexibility index (Phi) is 7.44. The standard InChI is InChI=1S/C23H30ClFN4O3/c1-15-19(20(24)29(27-15)14-17-5-7-18(25)8-6-17)21(30)28-11-9-16(10-12-28)13-26-22(31)32-23(2,3)4/h5-8,16H,9-14H2,1-4H3,(H,26,31). The Hall–Kier alpha value is -2.61. The number of halogens is 2. The second kappa shape index (κ2) is 9.90. The number of piperidine rings is 1. The van der Waals surface area contributed by atoms with Crippen molar-refractivity contribution in [2.75, 3.05) is 19.6 Å². The van der Waals surface area contributed by atoms with Crippen LogP contribution in [0, 0.1) is 18.7 Å². The van der Waals surface area contributed by atoms with Crippen LogP contribution in [0.5, 0.6) is 0 Å². The maximum Gasteiger partial charge on any atom is 0.407 e. The van der Waals surface area contributed by atoms with Crippen LogP contribution >= 0.6 is 11.6 Å². The van der Waals surface area contributed by atoms with E-state index in [1.54, 1.807) is 28.6 Å². The van der Waals surface area contributed by atoms with Crippen LogP contribution in [-0.2, 0) is 11.3 Å². The van der Waals surface area contributed by atoms with Crippen molar-refractivity contribution in [1.82, 2.24) is 20.0 Å². The van der Waals surface area contributed by atoms with Gasteiger partial charge in [-0.1, -0.05) is 23.7 Å². The fraction of sp³-hybridized carbons (Fsp3) is 0.522. The monoisotopic (exact) mass is 464 g/mol. The molecule has 0 spiro atoms. The molecule has 1 saturated heterocycles. The number of likely N-dealkylation sites (tertiary alicyclic amines) is 1. The van der Waals surface area contributed by atoms with Crippen LogP contribution in [0.2, 0.25) is 5.15 Å². The molecule has 1 fully saturated rings. The fourth-order valence-corrected chi connectivity index (χ4v) is 4.02. The van der Waals surface area contributed by atoms with Crippen LogP contribution in [0.4, 0.5) is 9.18 Å². The molecule has 7 nitrogen and oxygen atoms in total. The Morgan fingerprint density at radius 2 is 1.84 bits per heavy atom. The quantitative estimate of drug-likeness (QED) is 0.711. The molecule has 174 valence electrons. The number of hydrogen-bond acceptors (Lipinski definition) is 4. The Morgan fingerprint density at radius 3 is 2.44 bits per heavy atom. The minimum absolute atomic E-state index is 0.142. The molecule has 1 aromatic heterocycles. The zero-order valence-corrected chi connectivity index (χ0v) is 19.7. The van der Waals surface area contributed by atoms with Gasteiger partial charge in [0, 0.05) is 19.6 Å². The number of hydrogen-bond donors (Lipinski definition) is 1. The topological polar surface area (TPSA) is 76.5 Å². The molecule has 3 rings (SSSR count). The van der Waals surface area contributed by atoms with Crippen LogP contribution < -0.4 is 5.32 Å². The van der Waals surface area contributed by atoms with E-state index in [-0.39, 0.29) is 22.8 Å². The van der Waals surface area contributed by atoms with E-state index >= 15 is 0 Å². The van der Waals surface area contributed by atoms with Gasteiger partial charge in [-0.15, -0.1) is 0 Å². The average Bonchev–Trinajstić information content (AvgIpc) is 3.00. The van der Waals surface area contributed by atoms with Crippen molar-refractivity contribution in [2.24, 2.45) is 5.92 Å². The van der Waals surface area contributed by atoms with E-state index in [1.807, 2.05) is 20.8 Å². The number of benzene rings is 1. The first-order valence-corrected chi connectivity index (χ1v) is 11.1. The lowest BCUT2D eigenvalue weighted by Crippen LogP contribution is -2.42. The molecule has 9 heteroatoms.